The van der Waals surface area contributed by atoms with E-state index in [0.29, 0.717) is 10.9 Å². The van der Waals surface area contributed by atoms with E-state index in [4.69, 9.17) is 13.7 Å². The minimum absolute atomic E-state index is 0.149. The molecule has 0 saturated carbocycles. The second-order valence-corrected chi connectivity index (χ2v) is 7.25. The molecule has 146 valence electrons. The van der Waals surface area contributed by atoms with Crippen molar-refractivity contribution in [2.75, 3.05) is 0 Å². The Morgan fingerprint density at radius 1 is 0.714 bits per heavy atom. The average Bonchev–Trinajstić information content (AvgIpc) is 2.60. The Morgan fingerprint density at radius 3 is 1.39 bits per heavy atom. The van der Waals surface area contributed by atoms with Crippen molar-refractivity contribution in [3.63, 3.8) is 0 Å². The second-order valence-electron chi connectivity index (χ2n) is 5.34. The molecule has 0 aromatic heterocycles. The van der Waals surface area contributed by atoms with Crippen molar-refractivity contribution in [3.8, 4) is 11.5 Å². The summed E-state index contributed by atoms with van der Waals surface area (Å²) in [5, 5.41) is 0. The topological polar surface area (TPSA) is 114 Å². The first-order chi connectivity index (χ1) is 13.1. The average molecular weight is 432 g/mol. The van der Waals surface area contributed by atoms with Crippen LogP contribution in [-0.4, -0.2) is 38.8 Å². The smallest absolute Gasteiger partial charge is 0.451 e. The Balaban J connectivity index is 1.68. The number of halogens is 2. The van der Waals surface area contributed by atoms with Crippen LogP contribution in [0.1, 0.15) is 0 Å². The van der Waals surface area contributed by atoms with E-state index in [-0.39, 0.29) is 19.2 Å². The van der Waals surface area contributed by atoms with Crippen LogP contribution >= 0.6 is 0 Å². The molecule has 0 amide bonds. The van der Waals surface area contributed by atoms with E-state index in [9.17, 15) is 24.6 Å². The highest BCUT2D eigenvalue weighted by Crippen LogP contribution is 2.15. The molecule has 2 aromatic carbocycles. The van der Waals surface area contributed by atoms with E-state index in [1.807, 2.05) is 0 Å². The molecule has 2 aromatic rings. The van der Waals surface area contributed by atoms with Gasteiger partial charge in [-0.15, -0.1) is 0 Å². The minimum atomic E-state index is -5.13. The lowest BCUT2D eigenvalue weighted by atomic mass is 9.67. The summed E-state index contributed by atoms with van der Waals surface area (Å²) >= 11 is 0. The van der Waals surface area contributed by atoms with Crippen LogP contribution in [0.3, 0.4) is 0 Å². The molecular weight excluding hydrogens is 423 g/mol. The standard InChI is InChI=1S/C12H9B3F2O9S2/c16-27(18,19)22-11-5-1-9(2-6-11)14-24-13-25-15(26-14)10-3-7-12(8-4-10)23-28(17,20)21/h1-8,13H. The van der Waals surface area contributed by atoms with E-state index in [2.05, 4.69) is 8.37 Å². The monoisotopic (exact) mass is 432 g/mol. The molecule has 0 unspecified atom stereocenters. The van der Waals surface area contributed by atoms with Gasteiger partial charge in [-0.3, -0.25) is 0 Å². The molecule has 1 fully saturated rings. The summed E-state index contributed by atoms with van der Waals surface area (Å²) in [6, 6.07) is 10.5. The quantitative estimate of drug-likeness (QED) is 0.432. The van der Waals surface area contributed by atoms with E-state index in [0.717, 1.165) is 0 Å². The number of hydrogen-bond donors (Lipinski definition) is 0. The zero-order valence-corrected chi connectivity index (χ0v) is 15.4. The number of hydrogen-bond acceptors (Lipinski definition) is 9. The summed E-state index contributed by atoms with van der Waals surface area (Å²) in [5.74, 6) is -0.457. The van der Waals surface area contributed by atoms with Gasteiger partial charge in [0.25, 0.3) is 0 Å². The van der Waals surface area contributed by atoms with Crippen molar-refractivity contribution in [2.45, 2.75) is 0 Å². The summed E-state index contributed by atoms with van der Waals surface area (Å²) in [5.41, 5.74) is 0.945. The first-order valence-corrected chi connectivity index (χ1v) is 10.1. The first-order valence-electron chi connectivity index (χ1n) is 7.46. The molecule has 0 radical (unpaired) electrons. The highest BCUT2D eigenvalue weighted by Gasteiger charge is 2.35. The van der Waals surface area contributed by atoms with Gasteiger partial charge in [-0.1, -0.05) is 32.0 Å². The van der Waals surface area contributed by atoms with Crippen LogP contribution in [0.5, 0.6) is 11.5 Å². The summed E-state index contributed by atoms with van der Waals surface area (Å²) in [6.07, 6.45) is 0. The zero-order chi connectivity index (χ0) is 20.4. The third kappa shape index (κ3) is 5.94. The maximum absolute atomic E-state index is 12.5. The minimum Gasteiger partial charge on any atom is -0.451 e. The molecule has 0 aliphatic carbocycles. The first kappa shape index (κ1) is 20.6. The molecule has 9 nitrogen and oxygen atoms in total. The van der Waals surface area contributed by atoms with Gasteiger partial charge in [0.05, 0.1) is 0 Å². The second kappa shape index (κ2) is 8.09. The van der Waals surface area contributed by atoms with Crippen LogP contribution in [0.15, 0.2) is 48.5 Å². The lowest BCUT2D eigenvalue weighted by molar-refractivity contribution is 0.321. The van der Waals surface area contributed by atoms with E-state index in [1.54, 1.807) is 0 Å². The molecule has 28 heavy (non-hydrogen) atoms. The van der Waals surface area contributed by atoms with Crippen LogP contribution in [0.4, 0.5) is 7.77 Å². The van der Waals surface area contributed by atoms with E-state index < -0.39 is 35.2 Å². The van der Waals surface area contributed by atoms with Crippen LogP contribution in [0, 0.1) is 0 Å². The maximum Gasteiger partial charge on any atom is 0.488 e. The highest BCUT2D eigenvalue weighted by molar-refractivity contribution is 7.82. The summed E-state index contributed by atoms with van der Waals surface area (Å²) in [6.45, 7) is 0. The third-order valence-electron chi connectivity index (χ3n) is 3.38. The predicted molar refractivity (Wildman–Crippen MR) is 95.4 cm³/mol. The lowest BCUT2D eigenvalue weighted by Crippen LogP contribution is -2.54. The van der Waals surface area contributed by atoms with Crippen molar-refractivity contribution in [1.82, 2.24) is 0 Å². The van der Waals surface area contributed by atoms with Gasteiger partial charge in [-0.25, -0.2) is 0 Å². The molecule has 0 spiro atoms. The molecule has 1 saturated heterocycles. The summed E-state index contributed by atoms with van der Waals surface area (Å²) in [4.78, 5) is 0. The molecule has 16 heteroatoms. The largest absolute Gasteiger partial charge is 0.488 e. The number of rotatable bonds is 6. The summed E-state index contributed by atoms with van der Waals surface area (Å²) in [7, 11) is -12.2. The molecule has 0 atom stereocenters. The zero-order valence-electron chi connectivity index (χ0n) is 13.7. The van der Waals surface area contributed by atoms with Gasteiger partial charge in [0, 0.05) is 0 Å². The van der Waals surface area contributed by atoms with Gasteiger partial charge in [0.1, 0.15) is 11.5 Å². The Hall–Kier alpha value is -2.13. The Kier molecular flexibility index (Phi) is 5.95. The van der Waals surface area contributed by atoms with Gasteiger partial charge in [0.2, 0.25) is 0 Å². The van der Waals surface area contributed by atoms with Crippen molar-refractivity contribution in [1.29, 1.82) is 0 Å². The molecule has 1 heterocycles. The van der Waals surface area contributed by atoms with Crippen molar-refractivity contribution < 1.29 is 46.7 Å². The van der Waals surface area contributed by atoms with Crippen LogP contribution in [0.25, 0.3) is 0 Å². The van der Waals surface area contributed by atoms with E-state index in [1.165, 1.54) is 48.5 Å². The van der Waals surface area contributed by atoms with Gasteiger partial charge >= 0.3 is 42.9 Å². The maximum atomic E-state index is 12.5. The fourth-order valence-corrected chi connectivity index (χ4v) is 2.98. The molecule has 1 aliphatic heterocycles. The predicted octanol–water partition coefficient (Wildman–Crippen LogP) is -0.707. The molecule has 1 aliphatic rings. The molecule has 0 N–H and O–H groups in total. The van der Waals surface area contributed by atoms with Crippen molar-refractivity contribution >= 4 is 53.9 Å². The normalized spacial score (nSPS) is 15.1. The van der Waals surface area contributed by atoms with Crippen molar-refractivity contribution in [3.05, 3.63) is 48.5 Å². The van der Waals surface area contributed by atoms with Crippen molar-refractivity contribution in [2.24, 2.45) is 0 Å². The fraction of sp³-hybridized carbons (Fsp3) is 0. The highest BCUT2D eigenvalue weighted by atomic mass is 32.3. The lowest BCUT2D eigenvalue weighted by Gasteiger charge is -2.26. The SMILES string of the molecule is O=S(=O)(F)Oc1ccc(B2OBOB(c3ccc(OS(=O)(=O)F)cc3)O2)cc1. The van der Waals surface area contributed by atoms with Crippen LogP contribution in [0.2, 0.25) is 0 Å². The molecule has 0 bridgehead atoms. The van der Waals surface area contributed by atoms with Crippen LogP contribution < -0.4 is 19.3 Å². The van der Waals surface area contributed by atoms with Gasteiger partial charge in [-0.2, -0.15) is 16.8 Å². The molecule has 3 rings (SSSR count). The fourth-order valence-electron chi connectivity index (χ4n) is 2.29. The van der Waals surface area contributed by atoms with Gasteiger partial charge < -0.3 is 22.1 Å². The summed E-state index contributed by atoms with van der Waals surface area (Å²) < 4.78 is 91.4. The third-order valence-corrected chi connectivity index (χ3v) is 4.17. The van der Waals surface area contributed by atoms with Gasteiger partial charge in [0.15, 0.2) is 0 Å². The number of benzene rings is 2. The Labute approximate surface area is 160 Å². The van der Waals surface area contributed by atoms with E-state index >= 15 is 0 Å². The van der Waals surface area contributed by atoms with Gasteiger partial charge in [-0.05, 0) is 35.2 Å². The molecular formula is C12H9B3F2O9S2. The van der Waals surface area contributed by atoms with Crippen LogP contribution in [-0.2, 0) is 34.7 Å². The Morgan fingerprint density at radius 2 is 1.07 bits per heavy atom. The Bertz CT molecular complexity index is 950.